The van der Waals surface area contributed by atoms with E-state index in [9.17, 15) is 14.7 Å². The topological polar surface area (TPSA) is 79.6 Å². The molecule has 0 spiro atoms. The second-order valence-corrected chi connectivity index (χ2v) is 11.8. The maximum absolute atomic E-state index is 12.7. The first-order chi connectivity index (χ1) is 15.8. The number of fused-ring (bicyclic) bond motifs is 2. The van der Waals surface area contributed by atoms with Crippen molar-refractivity contribution < 1.29 is 19.1 Å². The van der Waals surface area contributed by atoms with Gasteiger partial charge in [0, 0.05) is 22.1 Å². The van der Waals surface area contributed by atoms with Crippen LogP contribution in [0.1, 0.15) is 30.1 Å². The number of aromatic carboxylic acids is 1. The van der Waals surface area contributed by atoms with Gasteiger partial charge in [0.1, 0.15) is 9.32 Å². The van der Waals surface area contributed by atoms with Gasteiger partial charge in [-0.15, -0.1) is 0 Å². The predicted octanol–water partition coefficient (Wildman–Crippen LogP) is 6.53. The Morgan fingerprint density at radius 2 is 1.76 bits per heavy atom. The molecule has 2 aromatic rings. The standard InChI is InChI=1S/C24H16I4O5/c1-2-3-8-32-23-16(26)10-14-17(11-6-4-5-7-12(11)24(30)31)13-9-15(25)20(29)18(27)21(13)33-22(14)19(23)28/h4-7,9-10H,2-3,8H2,1H3,(H,30,31)/p-1. The van der Waals surface area contributed by atoms with Crippen molar-refractivity contribution in [1.82, 2.24) is 0 Å². The van der Waals surface area contributed by atoms with Gasteiger partial charge < -0.3 is 19.1 Å². The molecule has 0 N–H and O–H groups in total. The molecule has 9 heteroatoms. The first-order valence-electron chi connectivity index (χ1n) is 9.96. The molecule has 0 atom stereocenters. The van der Waals surface area contributed by atoms with E-state index in [2.05, 4.69) is 52.1 Å². The second kappa shape index (κ2) is 10.5. The minimum absolute atomic E-state index is 0.0794. The third-order valence-electron chi connectivity index (χ3n) is 5.17. The van der Waals surface area contributed by atoms with Crippen LogP contribution in [0.3, 0.4) is 0 Å². The molecular weight excluding hydrogens is 876 g/mol. The van der Waals surface area contributed by atoms with Crippen molar-refractivity contribution in [3.05, 3.63) is 66.5 Å². The van der Waals surface area contributed by atoms with Gasteiger partial charge in [-0.1, -0.05) is 37.6 Å². The highest BCUT2D eigenvalue weighted by molar-refractivity contribution is 14.1. The lowest BCUT2D eigenvalue weighted by Gasteiger charge is -2.21. The van der Waals surface area contributed by atoms with Crippen LogP contribution >= 0.6 is 90.4 Å². The fourth-order valence-corrected chi connectivity index (χ4v) is 7.49. The lowest BCUT2D eigenvalue weighted by molar-refractivity contribution is -0.254. The molecule has 0 unspecified atom stereocenters. The number of hydrogen-bond donors (Lipinski definition) is 0. The fourth-order valence-electron chi connectivity index (χ4n) is 3.61. The van der Waals surface area contributed by atoms with Crippen LogP contribution in [0.2, 0.25) is 0 Å². The number of ether oxygens (including phenoxy) is 1. The minimum atomic E-state index is -1.26. The summed E-state index contributed by atoms with van der Waals surface area (Å²) in [6.45, 7) is 2.69. The van der Waals surface area contributed by atoms with Gasteiger partial charge in [-0.25, -0.2) is 0 Å². The minimum Gasteiger partial charge on any atom is -0.545 e. The smallest absolute Gasteiger partial charge is 0.209 e. The fraction of sp³-hybridized carbons (Fsp3) is 0.167. The van der Waals surface area contributed by atoms with Crippen molar-refractivity contribution in [3.63, 3.8) is 0 Å². The summed E-state index contributed by atoms with van der Waals surface area (Å²) in [4.78, 5) is 24.7. The monoisotopic (exact) mass is 891 g/mol. The molecule has 5 nitrogen and oxygen atoms in total. The van der Waals surface area contributed by atoms with Crippen molar-refractivity contribution in [2.24, 2.45) is 0 Å². The van der Waals surface area contributed by atoms with E-state index >= 15 is 0 Å². The summed E-state index contributed by atoms with van der Waals surface area (Å²) in [7, 11) is 0. The van der Waals surface area contributed by atoms with Crippen LogP contribution in [0.15, 0.2) is 45.6 Å². The van der Waals surface area contributed by atoms with Gasteiger partial charge in [0.25, 0.3) is 0 Å². The van der Waals surface area contributed by atoms with Gasteiger partial charge in [0.2, 0.25) is 5.43 Å². The average molecular weight is 891 g/mol. The van der Waals surface area contributed by atoms with Crippen LogP contribution in [0.25, 0.3) is 33.4 Å². The molecule has 0 aromatic heterocycles. The Bertz CT molecular complexity index is 1430. The number of carboxylic acids is 1. The van der Waals surface area contributed by atoms with Crippen molar-refractivity contribution in [3.8, 4) is 28.2 Å². The summed E-state index contributed by atoms with van der Waals surface area (Å²) < 4.78 is 15.1. The molecule has 0 amide bonds. The van der Waals surface area contributed by atoms with E-state index in [-0.39, 0.29) is 11.0 Å². The number of rotatable bonds is 6. The van der Waals surface area contributed by atoms with Crippen LogP contribution in [0, 0.1) is 14.3 Å². The highest BCUT2D eigenvalue weighted by Crippen LogP contribution is 2.46. The highest BCUT2D eigenvalue weighted by atomic mass is 127. The molecule has 4 rings (SSSR count). The number of carbonyl (C=O) groups excluding carboxylic acids is 1. The quantitative estimate of drug-likeness (QED) is 0.125. The molecule has 170 valence electrons. The predicted molar refractivity (Wildman–Crippen MR) is 160 cm³/mol. The number of carbonyl (C=O) groups is 1. The van der Waals surface area contributed by atoms with Gasteiger partial charge in [0.05, 0.1) is 23.3 Å². The lowest BCUT2D eigenvalue weighted by atomic mass is 9.91. The second-order valence-electron chi connectivity index (χ2n) is 7.27. The number of benzene rings is 3. The van der Waals surface area contributed by atoms with E-state index < -0.39 is 5.97 Å². The van der Waals surface area contributed by atoms with E-state index in [0.29, 0.717) is 41.8 Å². The van der Waals surface area contributed by atoms with Gasteiger partial charge in [-0.2, -0.15) is 0 Å². The van der Waals surface area contributed by atoms with Crippen LogP contribution in [-0.4, -0.2) is 12.6 Å². The van der Waals surface area contributed by atoms with Crippen molar-refractivity contribution in [2.75, 3.05) is 6.61 Å². The van der Waals surface area contributed by atoms with E-state index in [0.717, 1.165) is 31.1 Å². The summed E-state index contributed by atoms with van der Waals surface area (Å²) in [5.74, 6) is -0.112. The maximum atomic E-state index is 12.7. The van der Waals surface area contributed by atoms with Crippen molar-refractivity contribution in [2.45, 2.75) is 19.8 Å². The van der Waals surface area contributed by atoms with E-state index in [4.69, 9.17) is 9.15 Å². The summed E-state index contributed by atoms with van der Waals surface area (Å²) in [6.07, 6.45) is 1.95. The molecule has 1 heterocycles. The Morgan fingerprint density at radius 1 is 1.03 bits per heavy atom. The lowest BCUT2D eigenvalue weighted by Crippen LogP contribution is -2.23. The van der Waals surface area contributed by atoms with Crippen LogP contribution in [-0.2, 0) is 0 Å². The Hall–Kier alpha value is -0.680. The molecule has 33 heavy (non-hydrogen) atoms. The van der Waals surface area contributed by atoms with Gasteiger partial charge in [0.15, 0.2) is 11.3 Å². The Balaban J connectivity index is 2.19. The zero-order valence-electron chi connectivity index (χ0n) is 17.1. The summed E-state index contributed by atoms with van der Waals surface area (Å²) in [5, 5.41) is 12.7. The van der Waals surface area contributed by atoms with E-state index in [1.807, 2.05) is 51.2 Å². The first-order valence-corrected chi connectivity index (χ1v) is 14.3. The SMILES string of the molecule is CCCCOc1c(I)cc2c(-c3ccccc3C(=O)[O-])c3cc(I)c(=O)c(I)c-3oc2c1I. The molecule has 2 aromatic carbocycles. The van der Waals surface area contributed by atoms with Crippen molar-refractivity contribution >= 4 is 107 Å². The molecule has 0 saturated heterocycles. The average Bonchev–Trinajstić information content (AvgIpc) is 2.79. The van der Waals surface area contributed by atoms with E-state index in [1.165, 1.54) is 6.07 Å². The molecule has 0 bridgehead atoms. The Kier molecular flexibility index (Phi) is 8.10. The first kappa shape index (κ1) is 25.4. The number of carboxylic acid groups (broad SMARTS) is 1. The maximum Gasteiger partial charge on any atom is 0.209 e. The van der Waals surface area contributed by atoms with Gasteiger partial charge >= 0.3 is 0 Å². The van der Waals surface area contributed by atoms with Crippen LogP contribution < -0.4 is 15.3 Å². The number of hydrogen-bond acceptors (Lipinski definition) is 5. The number of halogens is 4. The zero-order chi connectivity index (χ0) is 23.9. The summed E-state index contributed by atoms with van der Waals surface area (Å²) in [6, 6.07) is 10.5. The largest absolute Gasteiger partial charge is 0.545 e. The van der Waals surface area contributed by atoms with Gasteiger partial charge in [-0.05, 0) is 114 Å². The van der Waals surface area contributed by atoms with Gasteiger partial charge in [-0.3, -0.25) is 4.79 Å². The summed E-state index contributed by atoms with van der Waals surface area (Å²) >= 11 is 8.44. The van der Waals surface area contributed by atoms with Crippen LogP contribution in [0.5, 0.6) is 5.75 Å². The highest BCUT2D eigenvalue weighted by Gasteiger charge is 2.26. The molecule has 0 saturated carbocycles. The molecule has 0 fully saturated rings. The third-order valence-corrected chi connectivity index (χ3v) is 8.73. The molecular formula is C24H15I4O5-. The molecule has 2 aliphatic rings. The number of unbranched alkanes of at least 4 members (excludes halogenated alkanes) is 1. The Labute approximate surface area is 244 Å². The third kappa shape index (κ3) is 4.75. The van der Waals surface area contributed by atoms with Crippen molar-refractivity contribution in [1.29, 1.82) is 0 Å². The van der Waals surface area contributed by atoms with Crippen LogP contribution in [0.4, 0.5) is 0 Å². The zero-order valence-corrected chi connectivity index (χ0v) is 25.8. The van der Waals surface area contributed by atoms with E-state index in [1.54, 1.807) is 24.3 Å². The Morgan fingerprint density at radius 3 is 2.45 bits per heavy atom. The molecule has 1 aliphatic heterocycles. The summed E-state index contributed by atoms with van der Waals surface area (Å²) in [5.41, 5.74) is 2.40. The normalized spacial score (nSPS) is 11.3. The molecule has 0 radical (unpaired) electrons. The molecule has 1 aliphatic carbocycles.